The molecule has 1 aliphatic heterocycles. The van der Waals surface area contributed by atoms with E-state index in [2.05, 4.69) is 68.7 Å². The van der Waals surface area contributed by atoms with Crippen molar-refractivity contribution in [3.8, 4) is 0 Å². The van der Waals surface area contributed by atoms with Crippen molar-refractivity contribution in [2.45, 2.75) is 20.8 Å². The predicted molar refractivity (Wildman–Crippen MR) is 85.4 cm³/mol. The number of rotatable bonds is 3. The molecule has 2 nitrogen and oxygen atoms in total. The predicted octanol–water partition coefficient (Wildman–Crippen LogP) is 3.96. The first-order chi connectivity index (χ1) is 9.48. The van der Waals surface area contributed by atoms with Gasteiger partial charge in [0.05, 0.1) is 13.2 Å². The minimum Gasteiger partial charge on any atom is -0.378 e. The van der Waals surface area contributed by atoms with Crippen LogP contribution in [-0.2, 0) is 4.74 Å². The molecule has 0 aliphatic carbocycles. The van der Waals surface area contributed by atoms with E-state index >= 15 is 0 Å². The summed E-state index contributed by atoms with van der Waals surface area (Å²) in [4.78, 5) is 2.30. The Morgan fingerprint density at radius 2 is 1.75 bits per heavy atom. The molecule has 0 spiro atoms. The summed E-state index contributed by atoms with van der Waals surface area (Å²) >= 11 is 0. The summed E-state index contributed by atoms with van der Waals surface area (Å²) < 4.78 is 5.40. The largest absolute Gasteiger partial charge is 0.378 e. The molecule has 0 radical (unpaired) electrons. The van der Waals surface area contributed by atoms with E-state index in [-0.39, 0.29) is 5.41 Å². The maximum absolute atomic E-state index is 5.40. The highest BCUT2D eigenvalue weighted by Gasteiger charge is 2.20. The topological polar surface area (TPSA) is 12.5 Å². The second-order valence-electron chi connectivity index (χ2n) is 6.26. The summed E-state index contributed by atoms with van der Waals surface area (Å²) in [6.07, 6.45) is 2.24. The van der Waals surface area contributed by atoms with Crippen LogP contribution < -0.4 is 0 Å². The number of hydrogen-bond acceptors (Lipinski definition) is 2. The van der Waals surface area contributed by atoms with Gasteiger partial charge in [0.2, 0.25) is 0 Å². The molecule has 1 aromatic carbocycles. The molecule has 20 heavy (non-hydrogen) atoms. The third-order valence-corrected chi connectivity index (χ3v) is 3.62. The minimum atomic E-state index is 0.0938. The van der Waals surface area contributed by atoms with E-state index in [1.54, 1.807) is 0 Å². The molecular weight excluding hydrogens is 246 g/mol. The Kier molecular flexibility index (Phi) is 4.66. The highest BCUT2D eigenvalue weighted by Crippen LogP contribution is 2.35. The molecule has 1 aliphatic rings. The van der Waals surface area contributed by atoms with Gasteiger partial charge in [0.15, 0.2) is 0 Å². The molecule has 1 saturated heterocycles. The molecular formula is C18H25NO. The van der Waals surface area contributed by atoms with Crippen molar-refractivity contribution in [1.29, 1.82) is 0 Å². The number of benzene rings is 1. The smallest absolute Gasteiger partial charge is 0.0642 e. The average Bonchev–Trinajstić information content (AvgIpc) is 2.45. The maximum atomic E-state index is 5.40. The molecule has 0 bridgehead atoms. The first-order valence-corrected chi connectivity index (χ1v) is 7.27. The number of allylic oxidation sites excluding steroid dienone is 2. The molecule has 2 rings (SSSR count). The van der Waals surface area contributed by atoms with Gasteiger partial charge in [-0.2, -0.15) is 0 Å². The van der Waals surface area contributed by atoms with Crippen LogP contribution in [0.3, 0.4) is 0 Å². The summed E-state index contributed by atoms with van der Waals surface area (Å²) in [7, 11) is 0. The van der Waals surface area contributed by atoms with Crippen molar-refractivity contribution in [1.82, 2.24) is 4.90 Å². The summed E-state index contributed by atoms with van der Waals surface area (Å²) in [5.74, 6) is 0. The zero-order valence-electron chi connectivity index (χ0n) is 12.9. The Bertz CT molecular complexity index is 476. The summed E-state index contributed by atoms with van der Waals surface area (Å²) in [5.41, 5.74) is 3.78. The van der Waals surface area contributed by atoms with E-state index in [4.69, 9.17) is 4.74 Å². The van der Waals surface area contributed by atoms with Gasteiger partial charge in [-0.15, -0.1) is 0 Å². The quantitative estimate of drug-likeness (QED) is 0.772. The van der Waals surface area contributed by atoms with Crippen molar-refractivity contribution in [3.63, 3.8) is 0 Å². The zero-order valence-corrected chi connectivity index (χ0v) is 12.9. The lowest BCUT2D eigenvalue weighted by molar-refractivity contribution is 0.0556. The maximum Gasteiger partial charge on any atom is 0.0642 e. The number of ether oxygens (including phenoxy) is 1. The Morgan fingerprint density at radius 3 is 2.30 bits per heavy atom. The second kappa shape index (κ2) is 6.27. The third-order valence-electron chi connectivity index (χ3n) is 3.62. The highest BCUT2D eigenvalue weighted by atomic mass is 16.5. The van der Waals surface area contributed by atoms with Crippen molar-refractivity contribution < 1.29 is 4.74 Å². The van der Waals surface area contributed by atoms with Crippen LogP contribution in [0.15, 0.2) is 48.7 Å². The number of nitrogens with zero attached hydrogens (tertiary/aromatic N) is 1. The fourth-order valence-corrected chi connectivity index (χ4v) is 2.46. The van der Waals surface area contributed by atoms with Gasteiger partial charge < -0.3 is 9.64 Å². The number of hydrogen-bond donors (Lipinski definition) is 0. The van der Waals surface area contributed by atoms with E-state index in [1.807, 2.05) is 0 Å². The molecule has 108 valence electrons. The molecule has 0 saturated carbocycles. The minimum absolute atomic E-state index is 0.0938. The van der Waals surface area contributed by atoms with Crippen LogP contribution in [0.4, 0.5) is 0 Å². The SMILES string of the molecule is C=C(/C=C(/c1ccccc1)C(C)(C)C)N1CCOCC1. The molecule has 0 aromatic heterocycles. The lowest BCUT2D eigenvalue weighted by Crippen LogP contribution is -2.35. The van der Waals surface area contributed by atoms with E-state index in [0.717, 1.165) is 32.0 Å². The Hall–Kier alpha value is -1.54. The van der Waals surface area contributed by atoms with E-state index in [9.17, 15) is 0 Å². The molecule has 1 heterocycles. The molecule has 1 fully saturated rings. The normalized spacial score (nSPS) is 17.1. The summed E-state index contributed by atoms with van der Waals surface area (Å²) in [6, 6.07) is 10.6. The molecule has 0 amide bonds. The zero-order chi connectivity index (χ0) is 14.6. The van der Waals surface area contributed by atoms with Gasteiger partial charge in [0, 0.05) is 18.8 Å². The van der Waals surface area contributed by atoms with Gasteiger partial charge in [0.25, 0.3) is 0 Å². The van der Waals surface area contributed by atoms with Gasteiger partial charge in [-0.25, -0.2) is 0 Å². The van der Waals surface area contributed by atoms with Gasteiger partial charge in [-0.05, 0) is 22.6 Å². The van der Waals surface area contributed by atoms with Crippen LogP contribution in [0.1, 0.15) is 26.3 Å². The fraction of sp³-hybridized carbons (Fsp3) is 0.444. The molecule has 0 N–H and O–H groups in total. The van der Waals surface area contributed by atoms with E-state index in [1.165, 1.54) is 11.1 Å². The van der Waals surface area contributed by atoms with Crippen LogP contribution in [0.5, 0.6) is 0 Å². The van der Waals surface area contributed by atoms with Crippen LogP contribution in [0.2, 0.25) is 0 Å². The first kappa shape index (κ1) is 14.9. The fourth-order valence-electron chi connectivity index (χ4n) is 2.46. The summed E-state index contributed by atoms with van der Waals surface area (Å²) in [5, 5.41) is 0. The highest BCUT2D eigenvalue weighted by molar-refractivity contribution is 5.71. The Balaban J connectivity index is 2.27. The lowest BCUT2D eigenvalue weighted by Gasteiger charge is -2.31. The van der Waals surface area contributed by atoms with Gasteiger partial charge >= 0.3 is 0 Å². The van der Waals surface area contributed by atoms with Gasteiger partial charge in [-0.1, -0.05) is 57.7 Å². The molecule has 0 atom stereocenters. The van der Waals surface area contributed by atoms with Crippen molar-refractivity contribution in [2.24, 2.45) is 5.41 Å². The second-order valence-corrected chi connectivity index (χ2v) is 6.26. The van der Waals surface area contributed by atoms with Crippen LogP contribution in [0.25, 0.3) is 5.57 Å². The van der Waals surface area contributed by atoms with E-state index < -0.39 is 0 Å². The lowest BCUT2D eigenvalue weighted by atomic mass is 9.81. The average molecular weight is 271 g/mol. The van der Waals surface area contributed by atoms with Crippen LogP contribution in [-0.4, -0.2) is 31.2 Å². The Labute approximate surface area is 122 Å². The van der Waals surface area contributed by atoms with Gasteiger partial charge in [-0.3, -0.25) is 0 Å². The van der Waals surface area contributed by atoms with Crippen LogP contribution in [0, 0.1) is 5.41 Å². The standard InChI is InChI=1S/C18H25NO/c1-15(19-10-12-20-13-11-19)14-17(18(2,3)4)16-8-6-5-7-9-16/h5-9,14H,1,10-13H2,2-4H3/b17-14-. The first-order valence-electron chi connectivity index (χ1n) is 7.27. The van der Waals surface area contributed by atoms with Crippen molar-refractivity contribution >= 4 is 5.57 Å². The molecule has 2 heteroatoms. The Morgan fingerprint density at radius 1 is 1.15 bits per heavy atom. The number of morpholine rings is 1. The molecule has 0 unspecified atom stereocenters. The third kappa shape index (κ3) is 3.73. The molecule has 1 aromatic rings. The summed E-state index contributed by atoms with van der Waals surface area (Å²) in [6.45, 7) is 14.5. The van der Waals surface area contributed by atoms with Crippen molar-refractivity contribution in [2.75, 3.05) is 26.3 Å². The monoisotopic (exact) mass is 271 g/mol. The van der Waals surface area contributed by atoms with E-state index in [0.29, 0.717) is 0 Å². The van der Waals surface area contributed by atoms with Gasteiger partial charge in [0.1, 0.15) is 0 Å². The van der Waals surface area contributed by atoms with Crippen LogP contribution >= 0.6 is 0 Å². The van der Waals surface area contributed by atoms with Crippen molar-refractivity contribution in [3.05, 3.63) is 54.2 Å².